The van der Waals surface area contributed by atoms with Crippen LogP contribution in [-0.4, -0.2) is 53.1 Å². The molecule has 122 valence electrons. The van der Waals surface area contributed by atoms with Crippen LogP contribution < -0.4 is 10.6 Å². The molecule has 0 heterocycles. The number of carboxylic acids is 2. The number of rotatable bonds is 9. The van der Waals surface area contributed by atoms with Gasteiger partial charge in [0.05, 0.1) is 6.54 Å². The monoisotopic (exact) mass is 318 g/mol. The third kappa shape index (κ3) is 7.95. The minimum absolute atomic E-state index is 0.0697. The Bertz CT molecular complexity index is 392. The van der Waals surface area contributed by atoms with E-state index in [0.29, 0.717) is 0 Å². The van der Waals surface area contributed by atoms with Crippen LogP contribution in [-0.2, 0) is 9.59 Å². The molecule has 0 fully saturated rings. The molecule has 11 heteroatoms. The lowest BCUT2D eigenvalue weighted by Gasteiger charge is -2.18. The highest BCUT2D eigenvalue weighted by atomic mass is 19.3. The van der Waals surface area contributed by atoms with E-state index in [2.05, 4.69) is 0 Å². The largest absolute Gasteiger partial charge is 0.481 e. The Labute approximate surface area is 116 Å². The van der Waals surface area contributed by atoms with Gasteiger partial charge >= 0.3 is 30.3 Å². The average Bonchev–Trinajstić information content (AvgIpc) is 2.34. The topological polar surface area (TPSA) is 116 Å². The van der Waals surface area contributed by atoms with Crippen molar-refractivity contribution in [3.05, 3.63) is 0 Å². The highest BCUT2D eigenvalue weighted by Gasteiger charge is 2.41. The number of nitrogens with one attached hydrogen (secondary N) is 2. The van der Waals surface area contributed by atoms with Gasteiger partial charge in [-0.1, -0.05) is 0 Å². The van der Waals surface area contributed by atoms with Crippen LogP contribution in [0, 0.1) is 0 Å². The predicted molar refractivity (Wildman–Crippen MR) is 60.4 cm³/mol. The number of carbonyl (C=O) groups excluding carboxylic acids is 1. The Morgan fingerprint density at radius 1 is 1.14 bits per heavy atom. The predicted octanol–water partition coefficient (Wildman–Crippen LogP) is 0.894. The lowest BCUT2D eigenvalue weighted by atomic mass is 10.1. The number of hydrogen-bond acceptors (Lipinski definition) is 3. The van der Waals surface area contributed by atoms with Crippen LogP contribution in [0.1, 0.15) is 19.3 Å². The second kappa shape index (κ2) is 8.27. The Kier molecular flexibility index (Phi) is 7.45. The van der Waals surface area contributed by atoms with Crippen LogP contribution in [0.5, 0.6) is 0 Å². The molecule has 1 atom stereocenters. The van der Waals surface area contributed by atoms with Crippen LogP contribution in [0.2, 0.25) is 0 Å². The standard InChI is InChI=1S/C10H14F4N2O5/c11-8(12)10(13,14)4-15-9(21)16-5(7(19)20)2-1-3-6(17)18/h5,8H,1-4H2,(H,17,18)(H,19,20)(H2,15,16,21)/t5-/m1/s1. The van der Waals surface area contributed by atoms with Crippen molar-refractivity contribution in [1.82, 2.24) is 10.6 Å². The minimum Gasteiger partial charge on any atom is -0.481 e. The van der Waals surface area contributed by atoms with Gasteiger partial charge in [0.2, 0.25) is 0 Å². The van der Waals surface area contributed by atoms with E-state index >= 15 is 0 Å². The van der Waals surface area contributed by atoms with Crippen LogP contribution in [0.4, 0.5) is 22.4 Å². The summed E-state index contributed by atoms with van der Waals surface area (Å²) in [5, 5.41) is 20.3. The number of urea groups is 1. The fraction of sp³-hybridized carbons (Fsp3) is 0.700. The van der Waals surface area contributed by atoms with Gasteiger partial charge in [-0.3, -0.25) is 4.79 Å². The minimum atomic E-state index is -4.43. The summed E-state index contributed by atoms with van der Waals surface area (Å²) in [6.45, 7) is -1.65. The second-order valence-corrected chi connectivity index (χ2v) is 4.07. The molecule has 0 unspecified atom stereocenters. The zero-order valence-corrected chi connectivity index (χ0v) is 10.6. The van der Waals surface area contributed by atoms with Gasteiger partial charge in [-0.15, -0.1) is 0 Å². The molecule has 7 nitrogen and oxygen atoms in total. The first-order valence-corrected chi connectivity index (χ1v) is 5.71. The van der Waals surface area contributed by atoms with Crippen LogP contribution in [0.25, 0.3) is 0 Å². The smallest absolute Gasteiger partial charge is 0.326 e. The molecule has 0 aromatic heterocycles. The van der Waals surface area contributed by atoms with E-state index in [-0.39, 0.29) is 19.3 Å². The molecule has 4 N–H and O–H groups in total. The summed E-state index contributed by atoms with van der Waals surface area (Å²) in [7, 11) is 0. The second-order valence-electron chi connectivity index (χ2n) is 4.07. The first-order valence-electron chi connectivity index (χ1n) is 5.71. The number of aliphatic carboxylic acids is 2. The maximum absolute atomic E-state index is 12.5. The van der Waals surface area contributed by atoms with E-state index in [1.165, 1.54) is 5.32 Å². The Morgan fingerprint density at radius 2 is 1.71 bits per heavy atom. The number of alkyl halides is 4. The summed E-state index contributed by atoms with van der Waals surface area (Å²) >= 11 is 0. The van der Waals surface area contributed by atoms with Gasteiger partial charge in [0, 0.05) is 6.42 Å². The van der Waals surface area contributed by atoms with Gasteiger partial charge in [0.15, 0.2) is 0 Å². The fourth-order valence-electron chi connectivity index (χ4n) is 1.20. The van der Waals surface area contributed by atoms with Crippen molar-refractivity contribution in [2.75, 3.05) is 6.54 Å². The molecule has 21 heavy (non-hydrogen) atoms. The molecule has 0 aliphatic carbocycles. The normalized spacial score (nSPS) is 12.8. The van der Waals surface area contributed by atoms with Crippen LogP contribution in [0.3, 0.4) is 0 Å². The van der Waals surface area contributed by atoms with Crippen molar-refractivity contribution in [3.8, 4) is 0 Å². The number of amides is 2. The summed E-state index contributed by atoms with van der Waals surface area (Å²) in [6, 6.07) is -2.87. The van der Waals surface area contributed by atoms with Gasteiger partial charge in [-0.25, -0.2) is 18.4 Å². The zero-order valence-electron chi connectivity index (χ0n) is 10.6. The summed E-state index contributed by atoms with van der Waals surface area (Å²) in [5.74, 6) is -7.10. The van der Waals surface area contributed by atoms with Crippen molar-refractivity contribution >= 4 is 18.0 Å². The van der Waals surface area contributed by atoms with Crippen molar-refractivity contribution in [2.45, 2.75) is 37.7 Å². The molecule has 0 radical (unpaired) electrons. The Balaban J connectivity index is 4.29. The molecule has 0 saturated carbocycles. The summed E-state index contributed by atoms with van der Waals surface area (Å²) in [5.41, 5.74) is 0. The Hall–Kier alpha value is -2.07. The van der Waals surface area contributed by atoms with Crippen LogP contribution in [0.15, 0.2) is 0 Å². The first-order chi connectivity index (χ1) is 9.56. The molecular weight excluding hydrogens is 304 g/mol. The van der Waals surface area contributed by atoms with Gasteiger partial charge in [0.25, 0.3) is 0 Å². The lowest BCUT2D eigenvalue weighted by molar-refractivity contribution is -0.140. The van der Waals surface area contributed by atoms with Crippen LogP contribution >= 0.6 is 0 Å². The third-order valence-corrected chi connectivity index (χ3v) is 2.29. The molecule has 0 bridgehead atoms. The molecule has 0 aliphatic heterocycles. The van der Waals surface area contributed by atoms with Crippen molar-refractivity contribution in [2.24, 2.45) is 0 Å². The molecule has 0 aromatic rings. The molecule has 2 amide bonds. The van der Waals surface area contributed by atoms with E-state index in [9.17, 15) is 31.9 Å². The van der Waals surface area contributed by atoms with Gasteiger partial charge in [0.1, 0.15) is 6.04 Å². The first kappa shape index (κ1) is 18.9. The molecule has 0 aliphatic rings. The molecule has 0 rings (SSSR count). The fourth-order valence-corrected chi connectivity index (χ4v) is 1.20. The summed E-state index contributed by atoms with van der Waals surface area (Å²) in [6.07, 6.45) is -4.63. The van der Waals surface area contributed by atoms with Gasteiger partial charge in [-0.2, -0.15) is 8.78 Å². The summed E-state index contributed by atoms with van der Waals surface area (Å²) < 4.78 is 48.7. The van der Waals surface area contributed by atoms with Crippen molar-refractivity contribution in [1.29, 1.82) is 0 Å². The maximum Gasteiger partial charge on any atom is 0.326 e. The molecule has 0 aromatic carbocycles. The zero-order chi connectivity index (χ0) is 16.6. The SMILES string of the molecule is O=C(O)CCC[C@@H](NC(=O)NCC(F)(F)C(F)F)C(=O)O. The van der Waals surface area contributed by atoms with E-state index < -0.39 is 42.9 Å². The van der Waals surface area contributed by atoms with E-state index in [1.54, 1.807) is 5.32 Å². The number of carbonyl (C=O) groups is 3. The van der Waals surface area contributed by atoms with Crippen molar-refractivity contribution < 1.29 is 42.2 Å². The highest BCUT2D eigenvalue weighted by molar-refractivity contribution is 5.82. The van der Waals surface area contributed by atoms with E-state index in [4.69, 9.17) is 10.2 Å². The molecular formula is C10H14F4N2O5. The van der Waals surface area contributed by atoms with E-state index in [0.717, 1.165) is 0 Å². The third-order valence-electron chi connectivity index (χ3n) is 2.29. The van der Waals surface area contributed by atoms with E-state index in [1.807, 2.05) is 0 Å². The quantitative estimate of drug-likeness (QED) is 0.471. The van der Waals surface area contributed by atoms with Crippen molar-refractivity contribution in [3.63, 3.8) is 0 Å². The molecule has 0 saturated heterocycles. The van der Waals surface area contributed by atoms with Gasteiger partial charge < -0.3 is 20.8 Å². The summed E-state index contributed by atoms with van der Waals surface area (Å²) in [4.78, 5) is 32.2. The Morgan fingerprint density at radius 3 is 2.14 bits per heavy atom. The number of hydrogen-bond donors (Lipinski definition) is 4. The maximum atomic E-state index is 12.5. The highest BCUT2D eigenvalue weighted by Crippen LogP contribution is 2.21. The lowest BCUT2D eigenvalue weighted by Crippen LogP contribution is -2.50. The van der Waals surface area contributed by atoms with Gasteiger partial charge in [-0.05, 0) is 12.8 Å². The molecule has 0 spiro atoms. The number of halogens is 4. The number of carboxylic acid groups (broad SMARTS) is 2. The average molecular weight is 318 g/mol.